The molecule has 3 heterocycles. The smallest absolute Gasteiger partial charge is 0.236 e. The first-order valence-corrected chi connectivity index (χ1v) is 9.15. The summed E-state index contributed by atoms with van der Waals surface area (Å²) in [6.07, 6.45) is 7.69. The van der Waals surface area contributed by atoms with Crippen molar-refractivity contribution < 1.29 is 9.53 Å². The quantitative estimate of drug-likeness (QED) is 0.764. The van der Waals surface area contributed by atoms with E-state index < -0.39 is 0 Å². The lowest BCUT2D eigenvalue weighted by Gasteiger charge is -2.24. The lowest BCUT2D eigenvalue weighted by molar-refractivity contribution is -0.131. The molecular formula is C17H31N3O2. The van der Waals surface area contributed by atoms with E-state index in [1.807, 2.05) is 4.90 Å². The molecule has 0 spiro atoms. The van der Waals surface area contributed by atoms with Crippen LogP contribution in [0.3, 0.4) is 0 Å². The molecular weight excluding hydrogens is 278 g/mol. The van der Waals surface area contributed by atoms with Gasteiger partial charge in [-0.2, -0.15) is 0 Å². The highest BCUT2D eigenvalue weighted by molar-refractivity contribution is 5.78. The summed E-state index contributed by atoms with van der Waals surface area (Å²) in [5.41, 5.74) is 0. The SMILES string of the molecule is O=C(CN1CCCN(CCC2CCCO2)CC1)N1CCCC1. The summed E-state index contributed by atoms with van der Waals surface area (Å²) in [5.74, 6) is 0.338. The van der Waals surface area contributed by atoms with Crippen molar-refractivity contribution in [3.63, 3.8) is 0 Å². The molecule has 5 nitrogen and oxygen atoms in total. The molecule has 1 amide bonds. The Balaban J connectivity index is 1.36. The van der Waals surface area contributed by atoms with Crippen molar-refractivity contribution in [2.75, 3.05) is 59.0 Å². The van der Waals surface area contributed by atoms with Crippen molar-refractivity contribution in [1.29, 1.82) is 0 Å². The van der Waals surface area contributed by atoms with Gasteiger partial charge in [-0.1, -0.05) is 0 Å². The first-order valence-electron chi connectivity index (χ1n) is 9.15. The Labute approximate surface area is 134 Å². The number of likely N-dealkylation sites (tertiary alicyclic amines) is 1. The van der Waals surface area contributed by atoms with E-state index in [0.717, 1.165) is 45.9 Å². The Morgan fingerprint density at radius 3 is 2.45 bits per heavy atom. The normalized spacial score (nSPS) is 28.2. The van der Waals surface area contributed by atoms with Crippen molar-refractivity contribution in [3.05, 3.63) is 0 Å². The van der Waals surface area contributed by atoms with Gasteiger partial charge < -0.3 is 14.5 Å². The molecule has 0 aromatic rings. The zero-order chi connectivity index (χ0) is 15.2. The molecule has 5 heteroatoms. The van der Waals surface area contributed by atoms with Crippen LogP contribution in [0.25, 0.3) is 0 Å². The first kappa shape index (κ1) is 16.2. The minimum Gasteiger partial charge on any atom is -0.378 e. The standard InChI is InChI=1S/C17H31N3O2/c21-17(20-9-1-2-10-20)15-19-8-4-7-18(12-13-19)11-6-16-5-3-14-22-16/h16H,1-15H2. The Morgan fingerprint density at radius 2 is 1.68 bits per heavy atom. The average Bonchev–Trinajstić information content (AvgIpc) is 3.18. The molecule has 0 radical (unpaired) electrons. The van der Waals surface area contributed by atoms with Crippen molar-refractivity contribution in [3.8, 4) is 0 Å². The zero-order valence-electron chi connectivity index (χ0n) is 13.8. The average molecular weight is 309 g/mol. The maximum Gasteiger partial charge on any atom is 0.236 e. The highest BCUT2D eigenvalue weighted by Gasteiger charge is 2.23. The van der Waals surface area contributed by atoms with Gasteiger partial charge in [-0.3, -0.25) is 9.69 Å². The van der Waals surface area contributed by atoms with Gasteiger partial charge in [0, 0.05) is 39.3 Å². The fourth-order valence-electron chi connectivity index (χ4n) is 3.86. The summed E-state index contributed by atoms with van der Waals surface area (Å²) < 4.78 is 5.72. The topological polar surface area (TPSA) is 36.0 Å². The van der Waals surface area contributed by atoms with Crippen LogP contribution in [0.15, 0.2) is 0 Å². The van der Waals surface area contributed by atoms with Gasteiger partial charge in [0.25, 0.3) is 0 Å². The fourth-order valence-corrected chi connectivity index (χ4v) is 3.86. The molecule has 0 aromatic heterocycles. The zero-order valence-corrected chi connectivity index (χ0v) is 13.8. The summed E-state index contributed by atoms with van der Waals surface area (Å²) in [6.45, 7) is 9.04. The van der Waals surface area contributed by atoms with Crippen LogP contribution in [0.4, 0.5) is 0 Å². The molecule has 22 heavy (non-hydrogen) atoms. The Bertz CT molecular complexity index is 352. The molecule has 126 valence electrons. The van der Waals surface area contributed by atoms with E-state index in [0.29, 0.717) is 18.6 Å². The largest absolute Gasteiger partial charge is 0.378 e. The van der Waals surface area contributed by atoms with Crippen LogP contribution in [-0.2, 0) is 9.53 Å². The van der Waals surface area contributed by atoms with E-state index >= 15 is 0 Å². The summed E-state index contributed by atoms with van der Waals surface area (Å²) in [6, 6.07) is 0. The number of hydrogen-bond donors (Lipinski definition) is 0. The summed E-state index contributed by atoms with van der Waals surface area (Å²) in [7, 11) is 0. The Hall–Kier alpha value is -0.650. The van der Waals surface area contributed by atoms with Crippen LogP contribution >= 0.6 is 0 Å². The molecule has 3 fully saturated rings. The van der Waals surface area contributed by atoms with Gasteiger partial charge in [0.1, 0.15) is 0 Å². The van der Waals surface area contributed by atoms with Gasteiger partial charge in [-0.25, -0.2) is 0 Å². The second kappa shape index (κ2) is 8.27. The third kappa shape index (κ3) is 4.67. The molecule has 3 aliphatic rings. The lowest BCUT2D eigenvalue weighted by atomic mass is 10.2. The van der Waals surface area contributed by atoms with E-state index in [9.17, 15) is 4.79 Å². The van der Waals surface area contributed by atoms with E-state index in [4.69, 9.17) is 4.74 Å². The summed E-state index contributed by atoms with van der Waals surface area (Å²) in [4.78, 5) is 19.2. The van der Waals surface area contributed by atoms with Gasteiger partial charge in [0.15, 0.2) is 0 Å². The first-order chi connectivity index (χ1) is 10.8. The van der Waals surface area contributed by atoms with Crippen molar-refractivity contribution in [1.82, 2.24) is 14.7 Å². The highest BCUT2D eigenvalue weighted by atomic mass is 16.5. The third-order valence-corrected chi connectivity index (χ3v) is 5.29. The summed E-state index contributed by atoms with van der Waals surface area (Å²) in [5, 5.41) is 0. The number of carbonyl (C=O) groups is 1. The van der Waals surface area contributed by atoms with E-state index in [1.54, 1.807) is 0 Å². The molecule has 0 aromatic carbocycles. The molecule has 0 saturated carbocycles. The Kier molecular flexibility index (Phi) is 6.10. The highest BCUT2D eigenvalue weighted by Crippen LogP contribution is 2.16. The van der Waals surface area contributed by atoms with Crippen LogP contribution in [0.2, 0.25) is 0 Å². The second-order valence-corrected chi connectivity index (χ2v) is 6.98. The Morgan fingerprint density at radius 1 is 0.909 bits per heavy atom. The minimum atomic E-state index is 0.338. The van der Waals surface area contributed by atoms with Crippen LogP contribution in [0.1, 0.15) is 38.5 Å². The maximum absolute atomic E-state index is 12.3. The lowest BCUT2D eigenvalue weighted by Crippen LogP contribution is -2.40. The van der Waals surface area contributed by atoms with E-state index in [1.165, 1.54) is 45.1 Å². The van der Waals surface area contributed by atoms with Crippen LogP contribution < -0.4 is 0 Å². The van der Waals surface area contributed by atoms with Crippen molar-refractivity contribution >= 4 is 5.91 Å². The monoisotopic (exact) mass is 309 g/mol. The predicted octanol–water partition coefficient (Wildman–Crippen LogP) is 1.19. The van der Waals surface area contributed by atoms with Crippen LogP contribution in [0.5, 0.6) is 0 Å². The van der Waals surface area contributed by atoms with Crippen molar-refractivity contribution in [2.24, 2.45) is 0 Å². The van der Waals surface area contributed by atoms with Crippen molar-refractivity contribution in [2.45, 2.75) is 44.6 Å². The molecule has 3 saturated heterocycles. The number of rotatable bonds is 5. The number of amides is 1. The molecule has 1 atom stereocenters. The molecule has 1 unspecified atom stereocenters. The fraction of sp³-hybridized carbons (Fsp3) is 0.941. The number of hydrogen-bond acceptors (Lipinski definition) is 4. The minimum absolute atomic E-state index is 0.338. The third-order valence-electron chi connectivity index (χ3n) is 5.29. The second-order valence-electron chi connectivity index (χ2n) is 6.98. The summed E-state index contributed by atoms with van der Waals surface area (Å²) >= 11 is 0. The van der Waals surface area contributed by atoms with Crippen LogP contribution in [0, 0.1) is 0 Å². The number of ether oxygens (including phenoxy) is 1. The van der Waals surface area contributed by atoms with Crippen LogP contribution in [-0.4, -0.2) is 85.7 Å². The molecule has 0 bridgehead atoms. The molecule has 0 N–H and O–H groups in total. The van der Waals surface area contributed by atoms with Gasteiger partial charge in [-0.15, -0.1) is 0 Å². The molecule has 3 aliphatic heterocycles. The van der Waals surface area contributed by atoms with E-state index in [2.05, 4.69) is 9.80 Å². The molecule has 0 aliphatic carbocycles. The maximum atomic E-state index is 12.3. The number of carbonyl (C=O) groups excluding carboxylic acids is 1. The van der Waals surface area contributed by atoms with Gasteiger partial charge in [0.2, 0.25) is 5.91 Å². The number of nitrogens with zero attached hydrogens (tertiary/aromatic N) is 3. The van der Waals surface area contributed by atoms with Gasteiger partial charge in [0.05, 0.1) is 12.6 Å². The molecule has 3 rings (SSSR count). The van der Waals surface area contributed by atoms with E-state index in [-0.39, 0.29) is 0 Å². The predicted molar refractivity (Wildman–Crippen MR) is 86.9 cm³/mol. The van der Waals surface area contributed by atoms with Gasteiger partial charge in [-0.05, 0) is 51.6 Å². The van der Waals surface area contributed by atoms with Gasteiger partial charge >= 0.3 is 0 Å².